The van der Waals surface area contributed by atoms with Crippen LogP contribution in [0.1, 0.15) is 27.9 Å². The van der Waals surface area contributed by atoms with Crippen molar-refractivity contribution in [3.63, 3.8) is 0 Å². The minimum atomic E-state index is -0.604. The number of benzene rings is 1. The first-order valence-corrected chi connectivity index (χ1v) is 8.51. The van der Waals surface area contributed by atoms with Gasteiger partial charge in [-0.25, -0.2) is 9.78 Å². The second-order valence-electron chi connectivity index (χ2n) is 5.05. The lowest BCUT2D eigenvalue weighted by Crippen LogP contribution is -2.13. The highest BCUT2D eigenvalue weighted by Crippen LogP contribution is 2.24. The van der Waals surface area contributed by atoms with Crippen LogP contribution in [0.4, 0.5) is 5.13 Å². The number of aromatic nitrogens is 1. The Kier molecular flexibility index (Phi) is 6.47. The van der Waals surface area contributed by atoms with E-state index in [1.54, 1.807) is 45.2 Å². The maximum Gasteiger partial charge on any atom is 0.350 e. The first-order chi connectivity index (χ1) is 12.5. The minimum Gasteiger partial charge on any atom is -0.497 e. The fourth-order valence-electron chi connectivity index (χ4n) is 2.02. The van der Waals surface area contributed by atoms with Crippen molar-refractivity contribution in [1.29, 1.82) is 5.26 Å². The summed E-state index contributed by atoms with van der Waals surface area (Å²) in [6.45, 7) is 3.61. The van der Waals surface area contributed by atoms with Crippen LogP contribution in [-0.2, 0) is 9.53 Å². The van der Waals surface area contributed by atoms with Gasteiger partial charge in [0.2, 0.25) is 0 Å². The van der Waals surface area contributed by atoms with Crippen LogP contribution in [0.3, 0.4) is 0 Å². The van der Waals surface area contributed by atoms with E-state index in [2.05, 4.69) is 10.3 Å². The number of hydrogen-bond acceptors (Lipinski definition) is 7. The zero-order valence-corrected chi connectivity index (χ0v) is 15.3. The summed E-state index contributed by atoms with van der Waals surface area (Å²) in [5.74, 6) is -0.417. The van der Waals surface area contributed by atoms with Crippen LogP contribution >= 0.6 is 11.3 Å². The Morgan fingerprint density at radius 1 is 1.35 bits per heavy atom. The summed E-state index contributed by atoms with van der Waals surface area (Å²) < 4.78 is 10.0. The molecule has 7 nitrogen and oxygen atoms in total. The van der Waals surface area contributed by atoms with E-state index in [0.29, 0.717) is 21.9 Å². The predicted molar refractivity (Wildman–Crippen MR) is 98.0 cm³/mol. The number of aryl methyl sites for hydroxylation is 1. The van der Waals surface area contributed by atoms with E-state index in [1.807, 2.05) is 6.07 Å². The summed E-state index contributed by atoms with van der Waals surface area (Å²) in [5, 5.41) is 12.0. The standard InChI is InChI=1S/C18H17N3O4S/c1-4-25-17(23)15-11(2)20-18(26-15)21-16(22)13(10-19)9-12-5-7-14(24-3)8-6-12/h5-9H,4H2,1-3H3,(H,20,21,22). The predicted octanol–water partition coefficient (Wildman–Crippen LogP) is 3.18. The summed E-state index contributed by atoms with van der Waals surface area (Å²) in [6, 6.07) is 8.79. The number of esters is 1. The molecule has 0 saturated carbocycles. The van der Waals surface area contributed by atoms with Crippen LogP contribution < -0.4 is 10.1 Å². The third-order valence-corrected chi connectivity index (χ3v) is 4.32. The molecule has 134 valence electrons. The molecule has 1 heterocycles. The molecule has 1 aromatic carbocycles. The Morgan fingerprint density at radius 2 is 2.04 bits per heavy atom. The van der Waals surface area contributed by atoms with E-state index in [4.69, 9.17) is 9.47 Å². The fraction of sp³-hybridized carbons (Fsp3) is 0.222. The molecule has 0 aliphatic rings. The molecule has 2 rings (SSSR count). The van der Waals surface area contributed by atoms with Gasteiger partial charge in [-0.15, -0.1) is 0 Å². The van der Waals surface area contributed by atoms with Crippen molar-refractivity contribution in [3.8, 4) is 11.8 Å². The molecule has 0 unspecified atom stereocenters. The van der Waals surface area contributed by atoms with Crippen LogP contribution in [0, 0.1) is 18.3 Å². The van der Waals surface area contributed by atoms with E-state index in [9.17, 15) is 14.9 Å². The molecular weight excluding hydrogens is 354 g/mol. The number of nitrogens with zero attached hydrogens (tertiary/aromatic N) is 2. The monoisotopic (exact) mass is 371 g/mol. The smallest absolute Gasteiger partial charge is 0.350 e. The van der Waals surface area contributed by atoms with Gasteiger partial charge in [-0.3, -0.25) is 10.1 Å². The zero-order chi connectivity index (χ0) is 19.1. The highest BCUT2D eigenvalue weighted by molar-refractivity contribution is 7.17. The van der Waals surface area contributed by atoms with Crippen LogP contribution in [0.25, 0.3) is 6.08 Å². The summed E-state index contributed by atoms with van der Waals surface area (Å²) in [4.78, 5) is 28.6. The van der Waals surface area contributed by atoms with Crippen molar-refractivity contribution in [2.75, 3.05) is 19.0 Å². The Hall–Kier alpha value is -3.18. The van der Waals surface area contributed by atoms with Gasteiger partial charge in [-0.2, -0.15) is 5.26 Å². The van der Waals surface area contributed by atoms with Crippen LogP contribution in [0.15, 0.2) is 29.8 Å². The number of carbonyl (C=O) groups excluding carboxylic acids is 2. The normalized spacial score (nSPS) is 10.8. The molecule has 8 heteroatoms. The average molecular weight is 371 g/mol. The first-order valence-electron chi connectivity index (χ1n) is 7.70. The highest BCUT2D eigenvalue weighted by Gasteiger charge is 2.18. The molecule has 0 saturated heterocycles. The van der Waals surface area contributed by atoms with Gasteiger partial charge in [0.25, 0.3) is 5.91 Å². The average Bonchev–Trinajstić information content (AvgIpc) is 3.00. The third kappa shape index (κ3) is 4.68. The Bertz CT molecular complexity index is 879. The molecule has 0 aliphatic carbocycles. The molecule has 1 N–H and O–H groups in total. The Labute approximate surface area is 154 Å². The summed E-state index contributed by atoms with van der Waals surface area (Å²) in [7, 11) is 1.56. The number of carbonyl (C=O) groups is 2. The van der Waals surface area contributed by atoms with Crippen molar-refractivity contribution in [1.82, 2.24) is 4.98 Å². The van der Waals surface area contributed by atoms with Gasteiger partial charge in [0, 0.05) is 0 Å². The minimum absolute atomic E-state index is 0.0827. The molecule has 0 aliphatic heterocycles. The molecule has 1 amide bonds. The lowest BCUT2D eigenvalue weighted by atomic mass is 10.1. The number of nitrogens with one attached hydrogen (secondary N) is 1. The van der Waals surface area contributed by atoms with E-state index in [0.717, 1.165) is 11.3 Å². The third-order valence-electron chi connectivity index (χ3n) is 3.27. The van der Waals surface area contributed by atoms with Crippen LogP contribution in [0.5, 0.6) is 5.75 Å². The van der Waals surface area contributed by atoms with Gasteiger partial charge in [0.05, 0.1) is 19.4 Å². The topological polar surface area (TPSA) is 101 Å². The van der Waals surface area contributed by atoms with Crippen molar-refractivity contribution in [2.45, 2.75) is 13.8 Å². The second-order valence-corrected chi connectivity index (χ2v) is 6.05. The zero-order valence-electron chi connectivity index (χ0n) is 14.5. The fourth-order valence-corrected chi connectivity index (χ4v) is 2.87. The van der Waals surface area contributed by atoms with Gasteiger partial charge >= 0.3 is 5.97 Å². The molecule has 1 aromatic heterocycles. The van der Waals surface area contributed by atoms with Crippen molar-refractivity contribution in [2.24, 2.45) is 0 Å². The van der Waals surface area contributed by atoms with Crippen LogP contribution in [-0.4, -0.2) is 30.6 Å². The summed E-state index contributed by atoms with van der Waals surface area (Å²) in [6.07, 6.45) is 1.46. The maximum absolute atomic E-state index is 12.3. The number of thiazole rings is 1. The van der Waals surface area contributed by atoms with Crippen molar-refractivity contribution in [3.05, 3.63) is 46.0 Å². The second kappa shape index (κ2) is 8.78. The number of amides is 1. The SMILES string of the molecule is CCOC(=O)c1sc(NC(=O)C(C#N)=Cc2ccc(OC)cc2)nc1C. The summed E-state index contributed by atoms with van der Waals surface area (Å²) in [5.41, 5.74) is 1.06. The summed E-state index contributed by atoms with van der Waals surface area (Å²) >= 11 is 1.00. The number of methoxy groups -OCH3 is 1. The van der Waals surface area contributed by atoms with Crippen molar-refractivity contribution >= 4 is 34.4 Å². The largest absolute Gasteiger partial charge is 0.497 e. The molecular formula is C18H17N3O4S. The number of nitriles is 1. The van der Waals surface area contributed by atoms with E-state index in [-0.39, 0.29) is 17.3 Å². The molecule has 2 aromatic rings. The molecule has 0 atom stereocenters. The number of hydrogen-bond donors (Lipinski definition) is 1. The van der Waals surface area contributed by atoms with Crippen LogP contribution in [0.2, 0.25) is 0 Å². The number of ether oxygens (including phenoxy) is 2. The molecule has 26 heavy (non-hydrogen) atoms. The van der Waals surface area contributed by atoms with Gasteiger partial charge in [0.1, 0.15) is 22.3 Å². The number of anilines is 1. The molecule has 0 spiro atoms. The first kappa shape index (κ1) is 19.1. The lowest BCUT2D eigenvalue weighted by Gasteiger charge is -2.02. The van der Waals surface area contributed by atoms with Gasteiger partial charge in [0.15, 0.2) is 5.13 Å². The van der Waals surface area contributed by atoms with Crippen molar-refractivity contribution < 1.29 is 19.1 Å². The molecule has 0 bridgehead atoms. The maximum atomic E-state index is 12.3. The Balaban J connectivity index is 2.16. The molecule has 0 fully saturated rings. The van der Waals surface area contributed by atoms with Gasteiger partial charge in [-0.05, 0) is 37.6 Å². The highest BCUT2D eigenvalue weighted by atomic mass is 32.1. The molecule has 0 radical (unpaired) electrons. The lowest BCUT2D eigenvalue weighted by molar-refractivity contribution is -0.112. The number of rotatable bonds is 6. The van der Waals surface area contributed by atoms with E-state index >= 15 is 0 Å². The van der Waals surface area contributed by atoms with Gasteiger partial charge in [-0.1, -0.05) is 23.5 Å². The quantitative estimate of drug-likeness (QED) is 0.475. The van der Waals surface area contributed by atoms with Gasteiger partial charge < -0.3 is 9.47 Å². The van der Waals surface area contributed by atoms with E-state index < -0.39 is 11.9 Å². The Morgan fingerprint density at radius 3 is 2.62 bits per heavy atom. The van der Waals surface area contributed by atoms with E-state index in [1.165, 1.54) is 6.08 Å².